The van der Waals surface area contributed by atoms with Crippen molar-refractivity contribution < 1.29 is 32.5 Å². The third kappa shape index (κ3) is 4.39. The second-order valence-corrected chi connectivity index (χ2v) is 5.93. The lowest BCUT2D eigenvalue weighted by molar-refractivity contribution is -0.0512. The molecule has 0 fully saturated rings. The molecule has 0 saturated carbocycles. The van der Waals surface area contributed by atoms with Crippen molar-refractivity contribution in [3.8, 4) is 23.0 Å². The van der Waals surface area contributed by atoms with E-state index in [1.807, 2.05) is 18.2 Å². The van der Waals surface area contributed by atoms with Gasteiger partial charge in [-0.05, 0) is 30.3 Å². The van der Waals surface area contributed by atoms with Crippen LogP contribution in [0.3, 0.4) is 0 Å². The fourth-order valence-electron chi connectivity index (χ4n) is 2.76. The number of fused-ring (bicyclic) bond motifs is 1. The minimum absolute atomic E-state index is 0.120. The van der Waals surface area contributed by atoms with Gasteiger partial charge in [-0.25, -0.2) is 0 Å². The van der Waals surface area contributed by atoms with Gasteiger partial charge in [0.15, 0.2) is 29.1 Å². The number of benzene rings is 2. The number of halogens is 2. The molecule has 1 atom stereocenters. The molecule has 1 unspecified atom stereocenters. The zero-order valence-corrected chi connectivity index (χ0v) is 14.9. The zero-order valence-electron chi connectivity index (χ0n) is 14.9. The maximum Gasteiger partial charge on any atom is 0.387 e. The Balaban J connectivity index is 1.68. The molecule has 1 amide bonds. The summed E-state index contributed by atoms with van der Waals surface area (Å²) >= 11 is 0. The molecule has 0 aromatic heterocycles. The molecule has 0 saturated heterocycles. The monoisotopic (exact) mass is 379 g/mol. The number of alkyl halides is 2. The van der Waals surface area contributed by atoms with E-state index in [9.17, 15) is 13.6 Å². The number of hydrogen-bond acceptors (Lipinski definition) is 5. The van der Waals surface area contributed by atoms with Crippen molar-refractivity contribution in [3.63, 3.8) is 0 Å². The summed E-state index contributed by atoms with van der Waals surface area (Å²) in [6.07, 6.45) is -0.344. The molecule has 6 nitrogen and oxygen atoms in total. The lowest BCUT2D eigenvalue weighted by Gasteiger charge is -2.29. The van der Waals surface area contributed by atoms with Gasteiger partial charge < -0.3 is 23.8 Å². The molecule has 8 heteroatoms. The summed E-state index contributed by atoms with van der Waals surface area (Å²) in [5.74, 6) is 0.839. The number of nitrogens with zero attached hydrogens (tertiary/aromatic N) is 1. The molecular weight excluding hydrogens is 360 g/mol. The van der Waals surface area contributed by atoms with Crippen molar-refractivity contribution in [2.45, 2.75) is 12.7 Å². The molecule has 0 radical (unpaired) electrons. The summed E-state index contributed by atoms with van der Waals surface area (Å²) in [6, 6.07) is 11.4. The summed E-state index contributed by atoms with van der Waals surface area (Å²) < 4.78 is 46.0. The zero-order chi connectivity index (χ0) is 19.4. The van der Waals surface area contributed by atoms with Gasteiger partial charge in [-0.3, -0.25) is 4.79 Å². The molecule has 0 bridgehead atoms. The molecule has 0 aliphatic carbocycles. The summed E-state index contributed by atoms with van der Waals surface area (Å²) in [7, 11) is 2.93. The van der Waals surface area contributed by atoms with Crippen molar-refractivity contribution in [2.75, 3.05) is 27.3 Å². The average Bonchev–Trinajstić information content (AvgIpc) is 2.66. The van der Waals surface area contributed by atoms with Crippen molar-refractivity contribution in [1.29, 1.82) is 0 Å². The third-order valence-electron chi connectivity index (χ3n) is 4.02. The number of amides is 1. The number of ether oxygens (including phenoxy) is 4. The number of carbonyl (C=O) groups is 1. The van der Waals surface area contributed by atoms with Gasteiger partial charge >= 0.3 is 6.61 Å². The molecule has 1 heterocycles. The molecule has 2 aromatic carbocycles. The van der Waals surface area contributed by atoms with Crippen LogP contribution in [-0.2, 0) is 0 Å². The van der Waals surface area contributed by atoms with E-state index < -0.39 is 6.61 Å². The normalized spacial score (nSPS) is 15.4. The van der Waals surface area contributed by atoms with Gasteiger partial charge in [0.1, 0.15) is 6.61 Å². The van der Waals surface area contributed by atoms with Crippen LogP contribution in [0.4, 0.5) is 8.78 Å². The van der Waals surface area contributed by atoms with Crippen LogP contribution in [0.2, 0.25) is 0 Å². The maximum absolute atomic E-state index is 12.6. The van der Waals surface area contributed by atoms with E-state index in [2.05, 4.69) is 4.74 Å². The van der Waals surface area contributed by atoms with Crippen molar-refractivity contribution >= 4 is 5.91 Å². The highest BCUT2D eigenvalue weighted by molar-refractivity contribution is 5.94. The lowest BCUT2D eigenvalue weighted by Crippen LogP contribution is -2.41. The van der Waals surface area contributed by atoms with E-state index in [1.165, 1.54) is 30.2 Å². The predicted octanol–water partition coefficient (Wildman–Crippen LogP) is 3.21. The van der Waals surface area contributed by atoms with Gasteiger partial charge in [-0.2, -0.15) is 8.78 Å². The highest BCUT2D eigenvalue weighted by atomic mass is 19.3. The third-order valence-corrected chi connectivity index (χ3v) is 4.02. The Morgan fingerprint density at radius 1 is 1.22 bits per heavy atom. The molecule has 3 rings (SSSR count). The van der Waals surface area contributed by atoms with Gasteiger partial charge in [0.05, 0.1) is 13.7 Å². The number of hydrogen-bond donors (Lipinski definition) is 0. The Labute approximate surface area is 155 Å². The standard InChI is InChI=1S/C19H19F2NO5/c1-22(10-13-11-25-15-5-3-4-6-16(15)26-13)18(23)12-7-8-14(24-2)17(9-12)27-19(20)21/h3-9,13,19H,10-11H2,1-2H3. The van der Waals surface area contributed by atoms with Crippen LogP contribution in [-0.4, -0.2) is 50.8 Å². The van der Waals surface area contributed by atoms with Crippen molar-refractivity contribution in [1.82, 2.24) is 4.90 Å². The fourth-order valence-corrected chi connectivity index (χ4v) is 2.76. The highest BCUT2D eigenvalue weighted by Gasteiger charge is 2.25. The fraction of sp³-hybridized carbons (Fsp3) is 0.316. The van der Waals surface area contributed by atoms with Crippen LogP contribution in [0.25, 0.3) is 0 Å². The van der Waals surface area contributed by atoms with E-state index in [1.54, 1.807) is 13.1 Å². The smallest absolute Gasteiger partial charge is 0.387 e. The van der Waals surface area contributed by atoms with E-state index in [-0.39, 0.29) is 35.6 Å². The summed E-state index contributed by atoms with van der Waals surface area (Å²) in [6.45, 7) is -2.45. The molecule has 27 heavy (non-hydrogen) atoms. The van der Waals surface area contributed by atoms with Crippen LogP contribution in [0, 0.1) is 0 Å². The first-order valence-electron chi connectivity index (χ1n) is 8.24. The first kappa shape index (κ1) is 18.8. The number of rotatable bonds is 6. The lowest BCUT2D eigenvalue weighted by atomic mass is 10.1. The van der Waals surface area contributed by atoms with E-state index in [0.717, 1.165) is 0 Å². The summed E-state index contributed by atoms with van der Waals surface area (Å²) in [4.78, 5) is 14.1. The Kier molecular flexibility index (Phi) is 5.63. The van der Waals surface area contributed by atoms with Crippen molar-refractivity contribution in [2.24, 2.45) is 0 Å². The number of methoxy groups -OCH3 is 1. The first-order chi connectivity index (χ1) is 13.0. The summed E-state index contributed by atoms with van der Waals surface area (Å²) in [5, 5.41) is 0. The summed E-state index contributed by atoms with van der Waals surface area (Å²) in [5.41, 5.74) is 0.200. The molecule has 0 spiro atoms. The van der Waals surface area contributed by atoms with Crippen LogP contribution in [0.15, 0.2) is 42.5 Å². The minimum Gasteiger partial charge on any atom is -0.493 e. The number of likely N-dealkylation sites (N-methyl/N-ethyl adjacent to an activating group) is 1. The van der Waals surface area contributed by atoms with Crippen LogP contribution < -0.4 is 18.9 Å². The van der Waals surface area contributed by atoms with E-state index >= 15 is 0 Å². The maximum atomic E-state index is 12.6. The van der Waals surface area contributed by atoms with E-state index in [4.69, 9.17) is 14.2 Å². The predicted molar refractivity (Wildman–Crippen MR) is 92.9 cm³/mol. The Bertz CT molecular complexity index is 814. The first-order valence-corrected chi connectivity index (χ1v) is 8.24. The topological polar surface area (TPSA) is 57.2 Å². The SMILES string of the molecule is COc1ccc(C(=O)N(C)CC2COc3ccccc3O2)cc1OC(F)F. The van der Waals surface area contributed by atoms with Crippen LogP contribution in [0.5, 0.6) is 23.0 Å². The Morgan fingerprint density at radius 2 is 1.96 bits per heavy atom. The Hall–Kier alpha value is -3.03. The van der Waals surface area contributed by atoms with Crippen molar-refractivity contribution in [3.05, 3.63) is 48.0 Å². The van der Waals surface area contributed by atoms with Crippen LogP contribution >= 0.6 is 0 Å². The minimum atomic E-state index is -3.02. The average molecular weight is 379 g/mol. The van der Waals surface area contributed by atoms with Gasteiger partial charge in [-0.1, -0.05) is 12.1 Å². The molecule has 2 aromatic rings. The van der Waals surface area contributed by atoms with Gasteiger partial charge in [0.2, 0.25) is 0 Å². The molecular formula is C19H19F2NO5. The molecule has 1 aliphatic heterocycles. The largest absolute Gasteiger partial charge is 0.493 e. The second-order valence-electron chi connectivity index (χ2n) is 5.93. The van der Waals surface area contributed by atoms with Crippen LogP contribution in [0.1, 0.15) is 10.4 Å². The quantitative estimate of drug-likeness (QED) is 0.772. The molecule has 0 N–H and O–H groups in total. The Morgan fingerprint density at radius 3 is 2.67 bits per heavy atom. The number of para-hydroxylation sites is 2. The van der Waals surface area contributed by atoms with Gasteiger partial charge in [0.25, 0.3) is 5.91 Å². The highest BCUT2D eigenvalue weighted by Crippen LogP contribution is 2.32. The molecule has 144 valence electrons. The van der Waals surface area contributed by atoms with Gasteiger partial charge in [0, 0.05) is 12.6 Å². The van der Waals surface area contributed by atoms with E-state index in [0.29, 0.717) is 18.1 Å². The second kappa shape index (κ2) is 8.11. The molecule has 1 aliphatic rings. The number of carbonyl (C=O) groups excluding carboxylic acids is 1. The van der Waals surface area contributed by atoms with Gasteiger partial charge in [-0.15, -0.1) is 0 Å².